The molecule has 13 heavy (non-hydrogen) atoms. The maximum absolute atomic E-state index is 2.74. The molecule has 1 heterocycles. The molecule has 2 rings (SSSR count). The Morgan fingerprint density at radius 3 is 2.54 bits per heavy atom. The molecule has 1 saturated heterocycles. The first-order valence-corrected chi connectivity index (χ1v) is 5.93. The first kappa shape index (κ1) is 9.51. The third kappa shape index (κ3) is 1.52. The maximum atomic E-state index is 2.74. The van der Waals surface area contributed by atoms with Gasteiger partial charge < -0.3 is 0 Å². The van der Waals surface area contributed by atoms with Crippen LogP contribution in [0, 0.1) is 5.41 Å². The lowest BCUT2D eigenvalue weighted by Gasteiger charge is -2.38. The standard InChI is InChI=1S/C12H23N/c1-4-10(2)13-9-12(6-5-7-12)8-11(13)3/h10-11H,4-9H2,1-3H3. The van der Waals surface area contributed by atoms with Crippen molar-refractivity contribution in [2.24, 2.45) is 5.41 Å². The summed E-state index contributed by atoms with van der Waals surface area (Å²) in [4.78, 5) is 2.74. The second-order valence-corrected chi connectivity index (χ2v) is 5.34. The first-order valence-electron chi connectivity index (χ1n) is 5.93. The molecular weight excluding hydrogens is 158 g/mol. The van der Waals surface area contributed by atoms with Gasteiger partial charge in [0.15, 0.2) is 0 Å². The van der Waals surface area contributed by atoms with Crippen LogP contribution in [0.4, 0.5) is 0 Å². The van der Waals surface area contributed by atoms with Crippen molar-refractivity contribution in [2.45, 2.75) is 65.0 Å². The molecule has 0 aromatic heterocycles. The predicted molar refractivity (Wildman–Crippen MR) is 56.8 cm³/mol. The zero-order chi connectivity index (χ0) is 9.47. The van der Waals surface area contributed by atoms with Crippen LogP contribution in [0.5, 0.6) is 0 Å². The second kappa shape index (κ2) is 3.27. The second-order valence-electron chi connectivity index (χ2n) is 5.34. The van der Waals surface area contributed by atoms with Crippen LogP contribution in [0.3, 0.4) is 0 Å². The Labute approximate surface area is 82.5 Å². The number of hydrogen-bond acceptors (Lipinski definition) is 1. The molecule has 2 fully saturated rings. The van der Waals surface area contributed by atoms with Gasteiger partial charge in [-0.15, -0.1) is 0 Å². The van der Waals surface area contributed by atoms with E-state index in [9.17, 15) is 0 Å². The van der Waals surface area contributed by atoms with E-state index in [1.807, 2.05) is 0 Å². The van der Waals surface area contributed by atoms with Gasteiger partial charge in [-0.1, -0.05) is 13.3 Å². The minimum atomic E-state index is 0.767. The van der Waals surface area contributed by atoms with Gasteiger partial charge in [0.25, 0.3) is 0 Å². The summed E-state index contributed by atoms with van der Waals surface area (Å²) in [5, 5.41) is 0. The Bertz CT molecular complexity index is 184. The fourth-order valence-corrected chi connectivity index (χ4v) is 3.22. The van der Waals surface area contributed by atoms with Crippen LogP contribution in [-0.4, -0.2) is 23.5 Å². The molecule has 1 aliphatic heterocycles. The Kier molecular flexibility index (Phi) is 2.39. The van der Waals surface area contributed by atoms with Crippen molar-refractivity contribution in [3.63, 3.8) is 0 Å². The van der Waals surface area contributed by atoms with Gasteiger partial charge in [0.05, 0.1) is 0 Å². The van der Waals surface area contributed by atoms with Crippen LogP contribution in [-0.2, 0) is 0 Å². The third-order valence-corrected chi connectivity index (χ3v) is 4.38. The summed E-state index contributed by atoms with van der Waals surface area (Å²) in [6.45, 7) is 8.50. The molecule has 0 amide bonds. The lowest BCUT2D eigenvalue weighted by molar-refractivity contribution is 0.123. The van der Waals surface area contributed by atoms with Gasteiger partial charge in [-0.05, 0) is 44.9 Å². The fraction of sp³-hybridized carbons (Fsp3) is 1.00. The number of likely N-dealkylation sites (tertiary alicyclic amines) is 1. The molecule has 1 spiro atoms. The van der Waals surface area contributed by atoms with Crippen LogP contribution in [0.25, 0.3) is 0 Å². The number of nitrogens with zero attached hydrogens (tertiary/aromatic N) is 1. The highest BCUT2D eigenvalue weighted by atomic mass is 15.2. The Morgan fingerprint density at radius 2 is 2.15 bits per heavy atom. The molecule has 2 aliphatic rings. The predicted octanol–water partition coefficient (Wildman–Crippen LogP) is 3.05. The van der Waals surface area contributed by atoms with Gasteiger partial charge in [-0.25, -0.2) is 0 Å². The van der Waals surface area contributed by atoms with E-state index in [4.69, 9.17) is 0 Å². The zero-order valence-corrected chi connectivity index (χ0v) is 9.34. The highest BCUT2D eigenvalue weighted by molar-refractivity contribution is 5.00. The summed E-state index contributed by atoms with van der Waals surface area (Å²) in [6, 6.07) is 1.64. The highest BCUT2D eigenvalue weighted by Gasteiger charge is 2.46. The monoisotopic (exact) mass is 181 g/mol. The topological polar surface area (TPSA) is 3.24 Å². The lowest BCUT2D eigenvalue weighted by Crippen LogP contribution is -2.38. The van der Waals surface area contributed by atoms with E-state index in [2.05, 4.69) is 25.7 Å². The molecule has 1 aliphatic carbocycles. The maximum Gasteiger partial charge on any atom is 0.00757 e. The van der Waals surface area contributed by atoms with Crippen molar-refractivity contribution >= 4 is 0 Å². The van der Waals surface area contributed by atoms with Gasteiger partial charge in [0, 0.05) is 18.6 Å². The molecule has 2 atom stereocenters. The summed E-state index contributed by atoms with van der Waals surface area (Å²) in [7, 11) is 0. The highest BCUT2D eigenvalue weighted by Crippen LogP contribution is 2.50. The Morgan fingerprint density at radius 1 is 1.46 bits per heavy atom. The van der Waals surface area contributed by atoms with Crippen molar-refractivity contribution in [1.82, 2.24) is 4.90 Å². The molecule has 0 aromatic carbocycles. The van der Waals surface area contributed by atoms with Crippen LogP contribution >= 0.6 is 0 Å². The molecular formula is C12H23N. The minimum Gasteiger partial charge on any atom is -0.297 e. The Hall–Kier alpha value is -0.0400. The molecule has 1 nitrogen and oxygen atoms in total. The third-order valence-electron chi connectivity index (χ3n) is 4.38. The largest absolute Gasteiger partial charge is 0.297 e. The van der Waals surface area contributed by atoms with Crippen LogP contribution in [0.1, 0.15) is 52.9 Å². The molecule has 0 aromatic rings. The first-order chi connectivity index (χ1) is 6.17. The van der Waals surface area contributed by atoms with Crippen molar-refractivity contribution in [3.05, 3.63) is 0 Å². The fourth-order valence-electron chi connectivity index (χ4n) is 3.22. The van der Waals surface area contributed by atoms with Crippen molar-refractivity contribution in [1.29, 1.82) is 0 Å². The van der Waals surface area contributed by atoms with Crippen molar-refractivity contribution in [3.8, 4) is 0 Å². The summed E-state index contributed by atoms with van der Waals surface area (Å²) in [5.41, 5.74) is 0.767. The van der Waals surface area contributed by atoms with E-state index in [0.717, 1.165) is 17.5 Å². The van der Waals surface area contributed by atoms with E-state index >= 15 is 0 Å². The molecule has 0 radical (unpaired) electrons. The van der Waals surface area contributed by atoms with E-state index in [0.29, 0.717) is 0 Å². The SMILES string of the molecule is CCC(C)N1CC2(CCC2)CC1C. The summed E-state index contributed by atoms with van der Waals surface area (Å²) >= 11 is 0. The molecule has 76 valence electrons. The molecule has 0 bridgehead atoms. The smallest absolute Gasteiger partial charge is 0.00757 e. The zero-order valence-electron chi connectivity index (χ0n) is 9.34. The molecule has 1 saturated carbocycles. The van der Waals surface area contributed by atoms with Gasteiger partial charge in [0.2, 0.25) is 0 Å². The van der Waals surface area contributed by atoms with Crippen molar-refractivity contribution < 1.29 is 0 Å². The normalized spacial score (nSPS) is 34.8. The molecule has 0 N–H and O–H groups in total. The van der Waals surface area contributed by atoms with Gasteiger partial charge in [-0.3, -0.25) is 4.90 Å². The summed E-state index contributed by atoms with van der Waals surface area (Å²) in [6.07, 6.45) is 7.27. The summed E-state index contributed by atoms with van der Waals surface area (Å²) in [5.74, 6) is 0. The van der Waals surface area contributed by atoms with Gasteiger partial charge in [-0.2, -0.15) is 0 Å². The minimum absolute atomic E-state index is 0.767. The Balaban J connectivity index is 1.99. The van der Waals surface area contributed by atoms with E-state index in [1.165, 1.54) is 38.6 Å². The van der Waals surface area contributed by atoms with Crippen molar-refractivity contribution in [2.75, 3.05) is 6.54 Å². The van der Waals surface area contributed by atoms with Crippen LogP contribution in [0.15, 0.2) is 0 Å². The quantitative estimate of drug-likeness (QED) is 0.633. The lowest BCUT2D eigenvalue weighted by atomic mass is 9.68. The molecule has 1 heteroatoms. The van der Waals surface area contributed by atoms with Crippen LogP contribution in [0.2, 0.25) is 0 Å². The van der Waals surface area contributed by atoms with E-state index in [1.54, 1.807) is 0 Å². The van der Waals surface area contributed by atoms with E-state index in [-0.39, 0.29) is 0 Å². The number of rotatable bonds is 2. The van der Waals surface area contributed by atoms with E-state index < -0.39 is 0 Å². The molecule has 2 unspecified atom stereocenters. The van der Waals surface area contributed by atoms with Crippen LogP contribution < -0.4 is 0 Å². The average molecular weight is 181 g/mol. The summed E-state index contributed by atoms with van der Waals surface area (Å²) < 4.78 is 0. The average Bonchev–Trinajstić information content (AvgIpc) is 2.41. The van der Waals surface area contributed by atoms with Gasteiger partial charge >= 0.3 is 0 Å². The van der Waals surface area contributed by atoms with Gasteiger partial charge in [0.1, 0.15) is 0 Å². The number of hydrogen-bond donors (Lipinski definition) is 0.